The molecule has 9 nitrogen and oxygen atoms in total. The van der Waals surface area contributed by atoms with Gasteiger partial charge in [-0.15, -0.1) is 6.42 Å². The van der Waals surface area contributed by atoms with Crippen LogP contribution in [0.5, 0.6) is 11.8 Å². The largest absolute Gasteiger partial charge is 0.508 e. The number of piperazine rings is 1. The monoisotopic (exact) mass is 672 g/mol. The highest BCUT2D eigenvalue weighted by atomic mass is 19.3. The van der Waals surface area contributed by atoms with Gasteiger partial charge in [-0.3, -0.25) is 14.7 Å². The van der Waals surface area contributed by atoms with Crippen LogP contribution in [0.3, 0.4) is 0 Å². The third-order valence-corrected chi connectivity index (χ3v) is 10.7. The first-order chi connectivity index (χ1) is 23.5. The summed E-state index contributed by atoms with van der Waals surface area (Å²) in [5, 5.41) is 11.2. The summed E-state index contributed by atoms with van der Waals surface area (Å²) in [6.07, 6.45) is 11.4. The zero-order valence-electron chi connectivity index (χ0n) is 26.4. The average Bonchev–Trinajstić information content (AvgIpc) is 3.71. The molecule has 4 aromatic rings. The van der Waals surface area contributed by atoms with Crippen LogP contribution in [-0.2, 0) is 4.79 Å². The van der Waals surface area contributed by atoms with Crippen LogP contribution in [0.25, 0.3) is 32.9 Å². The third-order valence-electron chi connectivity index (χ3n) is 10.7. The molecule has 8 rings (SSSR count). The molecule has 0 radical (unpaired) electrons. The van der Waals surface area contributed by atoms with E-state index in [0.29, 0.717) is 5.39 Å². The summed E-state index contributed by atoms with van der Waals surface area (Å²) >= 11 is 0. The summed E-state index contributed by atoms with van der Waals surface area (Å²) in [5.41, 5.74) is -0.716. The van der Waals surface area contributed by atoms with Crippen molar-refractivity contribution < 1.29 is 32.2 Å². The Labute approximate surface area is 279 Å². The highest BCUT2D eigenvalue weighted by Gasteiger charge is 2.59. The fourth-order valence-electron chi connectivity index (χ4n) is 8.46. The van der Waals surface area contributed by atoms with E-state index in [1.165, 1.54) is 35.4 Å². The van der Waals surface area contributed by atoms with Crippen molar-refractivity contribution in [2.45, 2.75) is 55.6 Å². The maximum atomic E-state index is 16.9. The predicted molar refractivity (Wildman–Crippen MR) is 174 cm³/mol. The lowest BCUT2D eigenvalue weighted by Crippen LogP contribution is -2.58. The minimum Gasteiger partial charge on any atom is -0.508 e. The van der Waals surface area contributed by atoms with Gasteiger partial charge in [-0.25, -0.2) is 17.6 Å². The van der Waals surface area contributed by atoms with Crippen molar-refractivity contribution in [1.29, 1.82) is 0 Å². The quantitative estimate of drug-likeness (QED) is 0.165. The lowest BCUT2D eigenvalue weighted by atomic mass is 9.95. The molecule has 2 bridgehead atoms. The number of nitrogens with zero attached hydrogens (tertiary/aromatic N) is 6. The number of aromatic nitrogens is 3. The van der Waals surface area contributed by atoms with E-state index in [9.17, 15) is 14.3 Å². The Morgan fingerprint density at radius 2 is 1.94 bits per heavy atom. The van der Waals surface area contributed by atoms with E-state index in [1.54, 1.807) is 4.90 Å². The van der Waals surface area contributed by atoms with Crippen LogP contribution in [0.4, 0.5) is 23.4 Å². The van der Waals surface area contributed by atoms with Crippen LogP contribution < -0.4 is 9.64 Å². The Balaban J connectivity index is 1.28. The third kappa shape index (κ3) is 4.87. The minimum atomic E-state index is -3.16. The number of carbonyl (C=O) groups is 1. The Kier molecular flexibility index (Phi) is 7.22. The molecule has 0 unspecified atom stereocenters. The lowest BCUT2D eigenvalue weighted by molar-refractivity contribution is -0.132. The van der Waals surface area contributed by atoms with E-state index < -0.39 is 42.0 Å². The van der Waals surface area contributed by atoms with Gasteiger partial charge in [0.1, 0.15) is 41.2 Å². The second-order valence-corrected chi connectivity index (χ2v) is 13.4. The molecule has 2 aromatic heterocycles. The fourth-order valence-corrected chi connectivity index (χ4v) is 8.46. The Morgan fingerprint density at radius 1 is 1.16 bits per heavy atom. The highest BCUT2D eigenvalue weighted by Crippen LogP contribution is 2.45. The van der Waals surface area contributed by atoms with Gasteiger partial charge >= 0.3 is 6.01 Å². The van der Waals surface area contributed by atoms with Crippen LogP contribution in [0.1, 0.15) is 37.7 Å². The van der Waals surface area contributed by atoms with Gasteiger partial charge in [-0.1, -0.05) is 18.6 Å². The molecule has 49 heavy (non-hydrogen) atoms. The van der Waals surface area contributed by atoms with Gasteiger partial charge in [-0.2, -0.15) is 9.97 Å². The maximum absolute atomic E-state index is 16.9. The van der Waals surface area contributed by atoms with Crippen LogP contribution in [0, 0.1) is 24.0 Å². The molecular formula is C36H32F4N6O3. The molecule has 252 valence electrons. The van der Waals surface area contributed by atoms with Crippen LogP contribution >= 0.6 is 0 Å². The second-order valence-electron chi connectivity index (χ2n) is 13.4. The van der Waals surface area contributed by atoms with E-state index in [4.69, 9.17) is 11.2 Å². The Bertz CT molecular complexity index is 2090. The first-order valence-electron chi connectivity index (χ1n) is 16.3. The molecule has 4 saturated heterocycles. The van der Waals surface area contributed by atoms with Gasteiger partial charge in [-0.05, 0) is 68.4 Å². The number of benzene rings is 2. The summed E-state index contributed by atoms with van der Waals surface area (Å²) in [6.45, 7) is 5.39. The topological polar surface area (TPSA) is 94.9 Å². The van der Waals surface area contributed by atoms with Crippen LogP contribution in [0.2, 0.25) is 0 Å². The van der Waals surface area contributed by atoms with Crippen molar-refractivity contribution in [2.24, 2.45) is 0 Å². The lowest BCUT2D eigenvalue weighted by Gasteiger charge is -2.41. The van der Waals surface area contributed by atoms with Crippen LogP contribution in [-0.4, -0.2) is 92.1 Å². The maximum Gasteiger partial charge on any atom is 0.319 e. The number of amides is 1. The number of aromatic hydroxyl groups is 1. The number of ether oxygens (including phenoxy) is 1. The number of anilines is 1. The first kappa shape index (κ1) is 31.3. The van der Waals surface area contributed by atoms with Gasteiger partial charge in [0.15, 0.2) is 5.82 Å². The number of rotatable bonds is 6. The number of terminal acetylenes is 1. The van der Waals surface area contributed by atoms with Crippen molar-refractivity contribution in [2.75, 3.05) is 37.7 Å². The second kappa shape index (κ2) is 11.3. The van der Waals surface area contributed by atoms with Gasteiger partial charge in [0.2, 0.25) is 5.91 Å². The van der Waals surface area contributed by atoms with E-state index in [0.717, 1.165) is 44.8 Å². The van der Waals surface area contributed by atoms with Crippen molar-refractivity contribution in [3.63, 3.8) is 0 Å². The minimum absolute atomic E-state index is 0.000308. The molecule has 1 amide bonds. The Morgan fingerprint density at radius 3 is 2.65 bits per heavy atom. The molecule has 4 fully saturated rings. The van der Waals surface area contributed by atoms with Gasteiger partial charge in [0.05, 0.1) is 22.5 Å². The molecule has 2 aromatic carbocycles. The zero-order chi connectivity index (χ0) is 34.2. The number of hydrogen-bond donors (Lipinski definition) is 1. The van der Waals surface area contributed by atoms with E-state index >= 15 is 13.2 Å². The predicted octanol–water partition coefficient (Wildman–Crippen LogP) is 5.43. The Hall–Kier alpha value is -4.96. The van der Waals surface area contributed by atoms with Crippen molar-refractivity contribution in [3.8, 4) is 35.4 Å². The number of halogens is 4. The number of phenols is 1. The summed E-state index contributed by atoms with van der Waals surface area (Å²) in [6, 6.07) is 2.81. The number of carbonyl (C=O) groups excluding carboxylic acids is 1. The molecular weight excluding hydrogens is 640 g/mol. The molecule has 0 saturated carbocycles. The molecule has 4 aliphatic heterocycles. The molecule has 4 aliphatic rings. The number of fused-ring (bicyclic) bond motifs is 5. The SMILES string of the molecule is C#Cc1c(F)ccc2cc(O)cc(-c3ncc4c(N5C[C@H]6CC(F)(F)[C@@H](C5)N6C(=O)C=C)nc(OCC56CCCN5CCC6)nc4c3F)c12. The van der Waals surface area contributed by atoms with Gasteiger partial charge in [0.25, 0.3) is 5.92 Å². The van der Waals surface area contributed by atoms with E-state index in [1.807, 2.05) is 0 Å². The first-order valence-corrected chi connectivity index (χ1v) is 16.3. The highest BCUT2D eigenvalue weighted by molar-refractivity contribution is 6.03. The number of phenolic OH excluding ortho intramolecular Hbond substituents is 1. The summed E-state index contributed by atoms with van der Waals surface area (Å²) in [7, 11) is 0. The molecule has 2 atom stereocenters. The molecule has 1 N–H and O–H groups in total. The summed E-state index contributed by atoms with van der Waals surface area (Å²) in [4.78, 5) is 31.3. The van der Waals surface area contributed by atoms with E-state index in [2.05, 4.69) is 32.4 Å². The number of alkyl halides is 2. The molecule has 0 spiro atoms. The van der Waals surface area contributed by atoms with E-state index in [-0.39, 0.29) is 75.9 Å². The number of pyridine rings is 1. The van der Waals surface area contributed by atoms with Gasteiger partial charge in [0, 0.05) is 36.7 Å². The normalized spacial score (nSPS) is 22.4. The van der Waals surface area contributed by atoms with Crippen molar-refractivity contribution >= 4 is 33.4 Å². The van der Waals surface area contributed by atoms with Crippen LogP contribution in [0.15, 0.2) is 43.1 Å². The number of hydrogen-bond acceptors (Lipinski definition) is 8. The summed E-state index contributed by atoms with van der Waals surface area (Å²) < 4.78 is 68.5. The zero-order valence-corrected chi connectivity index (χ0v) is 26.4. The summed E-state index contributed by atoms with van der Waals surface area (Å²) in [5.74, 6) is -3.11. The molecule has 6 heterocycles. The van der Waals surface area contributed by atoms with Crippen molar-refractivity contribution in [3.05, 3.63) is 60.3 Å². The average molecular weight is 673 g/mol. The molecule has 0 aliphatic carbocycles. The standard InChI is InChI=1S/C36H32F4N6O3/c1-3-23-26(37)8-7-20-13-22(47)14-24(29(20)23)31-30(38)32-25(16-41-31)33(43-34(42-32)49-19-35-9-5-11-45(35)12-6-10-35)44-17-21-15-36(39,40)27(18-44)46(21)28(48)4-2/h1,4,7-8,13-14,16,21,27,47H,2,5-6,9-12,15,17-19H2/t21-,27-/m1/s1. The van der Waals surface area contributed by atoms with Crippen molar-refractivity contribution in [1.82, 2.24) is 24.8 Å². The molecule has 13 heteroatoms. The fraction of sp³-hybridized carbons (Fsp3) is 0.389. The smallest absolute Gasteiger partial charge is 0.319 e. The van der Waals surface area contributed by atoms with Gasteiger partial charge < -0.3 is 19.6 Å².